The summed E-state index contributed by atoms with van der Waals surface area (Å²) in [6.45, 7) is 0. The van der Waals surface area contributed by atoms with Gasteiger partial charge in [0.15, 0.2) is 17.5 Å². The number of rotatable bonds is 4. The Morgan fingerprint density at radius 2 is 0.797 bits per heavy atom. The molecule has 0 bridgehead atoms. The minimum absolute atomic E-state index is 0.563. The Morgan fingerprint density at radius 3 is 1.44 bits per heavy atom. The second-order valence-electron chi connectivity index (χ2n) is 16.7. The highest BCUT2D eigenvalue weighted by atomic mass is 16.3. The van der Waals surface area contributed by atoms with E-state index in [1.807, 2.05) is 12.1 Å². The van der Waals surface area contributed by atoms with Gasteiger partial charge in [-0.1, -0.05) is 158 Å². The third-order valence-corrected chi connectivity index (χ3v) is 13.2. The standard InChI is InChI=1S/C59H34N4O/c1-2-16-36-34-52-47(31-35(36)15-1)45-25-11-13-27-50(45)63(52)51-29-30-54-55(46-26-12-14-28-53(46)64-54)56(51)59-61-57(48-32-37-17-3-5-19-39(37)41-21-7-9-23-43(41)48)60-58(62-59)49-33-38-18-4-6-20-40(38)42-22-8-10-24-44(42)49/h1-34H. The molecule has 0 saturated heterocycles. The van der Waals surface area contributed by atoms with Crippen molar-refractivity contribution in [3.8, 4) is 39.9 Å². The smallest absolute Gasteiger partial charge is 0.166 e. The van der Waals surface area contributed by atoms with Gasteiger partial charge in [-0.05, 0) is 102 Å². The minimum Gasteiger partial charge on any atom is -0.456 e. The number of nitrogens with zero attached hydrogens (tertiary/aromatic N) is 4. The molecule has 0 saturated carbocycles. The van der Waals surface area contributed by atoms with E-state index < -0.39 is 0 Å². The third kappa shape index (κ3) is 5.09. The molecule has 0 atom stereocenters. The molecule has 5 heteroatoms. The number of benzene rings is 11. The van der Waals surface area contributed by atoms with Gasteiger partial charge in [0.25, 0.3) is 0 Å². The van der Waals surface area contributed by atoms with Gasteiger partial charge >= 0.3 is 0 Å². The van der Waals surface area contributed by atoms with Crippen molar-refractivity contribution in [1.82, 2.24) is 19.5 Å². The maximum Gasteiger partial charge on any atom is 0.166 e. The molecule has 0 fully saturated rings. The number of para-hydroxylation sites is 2. The van der Waals surface area contributed by atoms with E-state index in [4.69, 9.17) is 19.4 Å². The lowest BCUT2D eigenvalue weighted by Gasteiger charge is -2.17. The predicted molar refractivity (Wildman–Crippen MR) is 265 cm³/mol. The molecule has 0 aliphatic heterocycles. The van der Waals surface area contributed by atoms with Crippen LogP contribution >= 0.6 is 0 Å². The molecule has 14 rings (SSSR count). The van der Waals surface area contributed by atoms with Gasteiger partial charge in [0.05, 0.1) is 22.3 Å². The summed E-state index contributed by atoms with van der Waals surface area (Å²) in [4.78, 5) is 16.8. The Balaban J connectivity index is 1.17. The lowest BCUT2D eigenvalue weighted by molar-refractivity contribution is 0.669. The van der Waals surface area contributed by atoms with Gasteiger partial charge in [-0.25, -0.2) is 15.0 Å². The average Bonchev–Trinajstić information content (AvgIpc) is 3.90. The van der Waals surface area contributed by atoms with E-state index >= 15 is 0 Å². The summed E-state index contributed by atoms with van der Waals surface area (Å²) in [6.07, 6.45) is 0. The topological polar surface area (TPSA) is 56.7 Å². The van der Waals surface area contributed by atoms with Crippen LogP contribution in [-0.4, -0.2) is 19.5 Å². The number of aromatic nitrogens is 4. The fourth-order valence-corrected chi connectivity index (χ4v) is 10.3. The number of hydrogen-bond donors (Lipinski definition) is 0. The van der Waals surface area contributed by atoms with Crippen LogP contribution in [-0.2, 0) is 0 Å². The largest absolute Gasteiger partial charge is 0.456 e. The van der Waals surface area contributed by atoms with E-state index in [-0.39, 0.29) is 0 Å². The Kier molecular flexibility index (Phi) is 7.33. The van der Waals surface area contributed by atoms with Crippen molar-refractivity contribution >= 4 is 97.6 Å². The first-order valence-corrected chi connectivity index (χ1v) is 21.7. The molecule has 0 unspecified atom stereocenters. The summed E-state index contributed by atoms with van der Waals surface area (Å²) in [7, 11) is 0. The highest BCUT2D eigenvalue weighted by Crippen LogP contribution is 2.45. The Hall–Kier alpha value is -8.67. The van der Waals surface area contributed by atoms with Crippen LogP contribution in [0.1, 0.15) is 0 Å². The number of hydrogen-bond acceptors (Lipinski definition) is 4. The van der Waals surface area contributed by atoms with Gasteiger partial charge in [0.1, 0.15) is 11.2 Å². The first-order chi connectivity index (χ1) is 31.7. The second-order valence-corrected chi connectivity index (χ2v) is 16.7. The van der Waals surface area contributed by atoms with E-state index in [1.165, 1.54) is 32.3 Å². The number of fused-ring (bicyclic) bond motifs is 13. The van der Waals surface area contributed by atoms with Crippen molar-refractivity contribution in [3.63, 3.8) is 0 Å². The zero-order valence-corrected chi connectivity index (χ0v) is 34.3. The molecule has 0 amide bonds. The molecule has 3 aromatic heterocycles. The molecule has 0 aliphatic rings. The van der Waals surface area contributed by atoms with Crippen LogP contribution < -0.4 is 0 Å². The molecule has 0 aliphatic carbocycles. The molecule has 3 heterocycles. The molecule has 0 N–H and O–H groups in total. The van der Waals surface area contributed by atoms with Crippen LogP contribution in [0.3, 0.4) is 0 Å². The van der Waals surface area contributed by atoms with Crippen molar-refractivity contribution in [2.24, 2.45) is 0 Å². The Bertz CT molecular complexity index is 4140. The van der Waals surface area contributed by atoms with Crippen LogP contribution in [0.15, 0.2) is 211 Å². The molecule has 5 nitrogen and oxygen atoms in total. The predicted octanol–water partition coefficient (Wildman–Crippen LogP) is 15.6. The fourth-order valence-electron chi connectivity index (χ4n) is 10.3. The molecule has 0 radical (unpaired) electrons. The van der Waals surface area contributed by atoms with Crippen molar-refractivity contribution in [2.75, 3.05) is 0 Å². The van der Waals surface area contributed by atoms with E-state index in [9.17, 15) is 0 Å². The summed E-state index contributed by atoms with van der Waals surface area (Å²) in [6, 6.07) is 73.3. The summed E-state index contributed by atoms with van der Waals surface area (Å²) in [5.74, 6) is 1.76. The summed E-state index contributed by atoms with van der Waals surface area (Å²) in [5.41, 5.74) is 7.48. The molecule has 14 aromatic rings. The van der Waals surface area contributed by atoms with Gasteiger partial charge in [-0.15, -0.1) is 0 Å². The Morgan fingerprint density at radius 1 is 0.312 bits per heavy atom. The monoisotopic (exact) mass is 814 g/mol. The quantitative estimate of drug-likeness (QED) is 0.166. The summed E-state index contributed by atoms with van der Waals surface area (Å²) in [5, 5.41) is 15.8. The van der Waals surface area contributed by atoms with Crippen molar-refractivity contribution in [2.45, 2.75) is 0 Å². The molecular formula is C59H34N4O. The normalized spacial score (nSPS) is 12.1. The first-order valence-electron chi connectivity index (χ1n) is 21.7. The zero-order valence-electron chi connectivity index (χ0n) is 34.3. The molecule has 296 valence electrons. The van der Waals surface area contributed by atoms with Crippen molar-refractivity contribution in [3.05, 3.63) is 206 Å². The van der Waals surface area contributed by atoms with Gasteiger partial charge in [0.2, 0.25) is 0 Å². The van der Waals surface area contributed by atoms with Gasteiger partial charge in [0, 0.05) is 32.7 Å². The van der Waals surface area contributed by atoms with Gasteiger partial charge in [-0.2, -0.15) is 0 Å². The van der Waals surface area contributed by atoms with Gasteiger partial charge in [-0.3, -0.25) is 0 Å². The van der Waals surface area contributed by atoms with Crippen LogP contribution in [0.4, 0.5) is 0 Å². The Labute approximate surface area is 366 Å². The van der Waals surface area contributed by atoms with Gasteiger partial charge < -0.3 is 8.98 Å². The van der Waals surface area contributed by atoms with Crippen LogP contribution in [0, 0.1) is 0 Å². The minimum atomic E-state index is 0.563. The second kappa shape index (κ2) is 13.4. The summed E-state index contributed by atoms with van der Waals surface area (Å²) >= 11 is 0. The summed E-state index contributed by atoms with van der Waals surface area (Å²) < 4.78 is 9.08. The van der Waals surface area contributed by atoms with E-state index in [0.717, 1.165) is 87.7 Å². The maximum atomic E-state index is 6.68. The highest BCUT2D eigenvalue weighted by molar-refractivity contribution is 6.19. The lowest BCUT2D eigenvalue weighted by Crippen LogP contribution is -2.05. The van der Waals surface area contributed by atoms with Crippen molar-refractivity contribution < 1.29 is 4.42 Å². The molecule has 64 heavy (non-hydrogen) atoms. The molecule has 11 aromatic carbocycles. The maximum absolute atomic E-state index is 6.68. The third-order valence-electron chi connectivity index (χ3n) is 13.2. The SMILES string of the molecule is c1ccc2cc3c(cc2c1)c1ccccc1n3-c1ccc2oc3ccccc3c2c1-c1nc(-c2cc3ccccc3c3ccccc23)nc(-c2cc3ccccc3c3ccccc23)n1. The highest BCUT2D eigenvalue weighted by Gasteiger charge is 2.26. The van der Waals surface area contributed by atoms with Crippen LogP contribution in [0.25, 0.3) is 137 Å². The lowest BCUT2D eigenvalue weighted by atomic mass is 9.95. The first kappa shape index (κ1) is 35.0. The number of furan rings is 1. The van der Waals surface area contributed by atoms with E-state index in [1.54, 1.807) is 0 Å². The fraction of sp³-hybridized carbons (Fsp3) is 0. The van der Waals surface area contributed by atoms with E-state index in [0.29, 0.717) is 17.5 Å². The zero-order chi connectivity index (χ0) is 41.9. The van der Waals surface area contributed by atoms with Crippen LogP contribution in [0.2, 0.25) is 0 Å². The van der Waals surface area contributed by atoms with Crippen LogP contribution in [0.5, 0.6) is 0 Å². The van der Waals surface area contributed by atoms with Crippen molar-refractivity contribution in [1.29, 1.82) is 0 Å². The molecule has 0 spiro atoms. The molecular weight excluding hydrogens is 781 g/mol. The van der Waals surface area contributed by atoms with E-state index in [2.05, 4.69) is 199 Å². The average molecular weight is 815 g/mol.